The van der Waals surface area contributed by atoms with Crippen LogP contribution in [0.15, 0.2) is 35.2 Å². The van der Waals surface area contributed by atoms with E-state index >= 15 is 0 Å². The van der Waals surface area contributed by atoms with E-state index in [9.17, 15) is 21.6 Å². The Kier molecular flexibility index (Phi) is 3.91. The first-order valence-electron chi connectivity index (χ1n) is 7.77. The summed E-state index contributed by atoms with van der Waals surface area (Å²) < 4.78 is 66.4. The summed E-state index contributed by atoms with van der Waals surface area (Å²) in [5.74, 6) is -0.428. The van der Waals surface area contributed by atoms with Crippen LogP contribution >= 0.6 is 0 Å². The molecular formula is C16H19F3O3SSi. The van der Waals surface area contributed by atoms with E-state index in [0.29, 0.717) is 6.42 Å². The van der Waals surface area contributed by atoms with Gasteiger partial charge in [0, 0.05) is 11.8 Å². The van der Waals surface area contributed by atoms with Crippen LogP contribution < -0.4 is 0 Å². The van der Waals surface area contributed by atoms with Gasteiger partial charge in [0.15, 0.2) is 0 Å². The Morgan fingerprint density at radius 1 is 1.04 bits per heavy atom. The third-order valence-corrected chi connectivity index (χ3v) is 7.89. The third kappa shape index (κ3) is 2.69. The molecule has 0 saturated carbocycles. The van der Waals surface area contributed by atoms with Crippen molar-refractivity contribution in [1.29, 1.82) is 0 Å². The normalized spacial score (nSPS) is 24.1. The molecule has 4 rings (SSSR count). The second kappa shape index (κ2) is 5.36. The Balaban J connectivity index is 2.18. The van der Waals surface area contributed by atoms with Gasteiger partial charge in [0.25, 0.3) is 0 Å². The summed E-state index contributed by atoms with van der Waals surface area (Å²) in [6.45, 7) is 6.03. The number of benzene rings is 1. The molecule has 3 aliphatic carbocycles. The minimum Gasteiger partial charge on any atom is -0.380 e. The second-order valence-electron chi connectivity index (χ2n) is 7.32. The van der Waals surface area contributed by atoms with Gasteiger partial charge in [0.1, 0.15) is 5.76 Å². The number of hydrogen-bond acceptors (Lipinski definition) is 3. The number of alkyl halides is 3. The van der Waals surface area contributed by atoms with Crippen LogP contribution in [0.3, 0.4) is 0 Å². The molecule has 1 aromatic carbocycles. The maximum absolute atomic E-state index is 12.8. The molecule has 0 spiro atoms. The topological polar surface area (TPSA) is 43.4 Å². The number of allylic oxidation sites excluding steroid dienone is 2. The van der Waals surface area contributed by atoms with Gasteiger partial charge in [-0.25, -0.2) is 0 Å². The van der Waals surface area contributed by atoms with Crippen LogP contribution in [-0.4, -0.2) is 22.0 Å². The summed E-state index contributed by atoms with van der Waals surface area (Å²) in [6.07, 6.45) is 1.43. The maximum atomic E-state index is 12.8. The molecule has 0 fully saturated rings. The largest absolute Gasteiger partial charge is 0.534 e. The van der Waals surface area contributed by atoms with Gasteiger partial charge >= 0.3 is 15.6 Å². The molecule has 0 amide bonds. The fourth-order valence-electron chi connectivity index (χ4n) is 3.88. The van der Waals surface area contributed by atoms with E-state index in [0.717, 1.165) is 22.7 Å². The van der Waals surface area contributed by atoms with Gasteiger partial charge in [-0.05, 0) is 29.2 Å². The van der Waals surface area contributed by atoms with Gasteiger partial charge in [-0.3, -0.25) is 0 Å². The van der Waals surface area contributed by atoms with Gasteiger partial charge in [-0.1, -0.05) is 43.9 Å². The zero-order valence-corrected chi connectivity index (χ0v) is 15.5. The van der Waals surface area contributed by atoms with Crippen molar-refractivity contribution in [2.24, 2.45) is 0 Å². The highest BCUT2D eigenvalue weighted by molar-refractivity contribution is 7.87. The number of halogens is 3. The molecule has 1 aromatic rings. The molecular weight excluding hydrogens is 357 g/mol. The first-order chi connectivity index (χ1) is 10.9. The van der Waals surface area contributed by atoms with Gasteiger partial charge in [0.2, 0.25) is 0 Å². The molecule has 8 heteroatoms. The van der Waals surface area contributed by atoms with E-state index in [1.54, 1.807) is 0 Å². The van der Waals surface area contributed by atoms with Crippen molar-refractivity contribution in [3.05, 3.63) is 46.3 Å². The third-order valence-electron chi connectivity index (χ3n) is 4.71. The Labute approximate surface area is 140 Å². The fraction of sp³-hybridized carbons (Fsp3) is 0.500. The average Bonchev–Trinajstić information content (AvgIpc) is 2.45. The van der Waals surface area contributed by atoms with Crippen LogP contribution in [0.2, 0.25) is 19.6 Å². The van der Waals surface area contributed by atoms with Gasteiger partial charge in [-0.15, -0.1) is 0 Å². The molecule has 0 saturated heterocycles. The summed E-state index contributed by atoms with van der Waals surface area (Å²) in [4.78, 5) is 0. The van der Waals surface area contributed by atoms with Crippen molar-refractivity contribution in [2.75, 3.05) is 0 Å². The lowest BCUT2D eigenvalue weighted by Gasteiger charge is -2.44. The van der Waals surface area contributed by atoms with Crippen LogP contribution in [0.4, 0.5) is 13.2 Å². The monoisotopic (exact) mass is 376 g/mol. The van der Waals surface area contributed by atoms with Gasteiger partial charge in [0.05, 0.1) is 8.07 Å². The standard InChI is InChI=1S/C16H19F3O3SSi/c1-24(2,3)15-13-9-8-12(10-6-4-5-7-11(10)13)14(15)22-23(20,21)16(17,18)19/h4-7,12-13H,8-9H2,1-3H3. The highest BCUT2D eigenvalue weighted by Gasteiger charge is 2.52. The second-order valence-corrected chi connectivity index (χ2v) is 13.9. The van der Waals surface area contributed by atoms with Crippen LogP contribution in [0.5, 0.6) is 0 Å². The first kappa shape index (κ1) is 17.5. The Bertz CT molecular complexity index is 807. The number of fused-ring (bicyclic) bond motifs is 1. The molecule has 3 aliphatic rings. The smallest absolute Gasteiger partial charge is 0.380 e. The molecule has 0 heterocycles. The number of hydrogen-bond donors (Lipinski definition) is 0. The van der Waals surface area contributed by atoms with E-state index in [4.69, 9.17) is 4.18 Å². The van der Waals surface area contributed by atoms with Crippen molar-refractivity contribution in [3.8, 4) is 0 Å². The van der Waals surface area contributed by atoms with Gasteiger partial charge < -0.3 is 4.18 Å². The zero-order chi connectivity index (χ0) is 17.9. The lowest BCUT2D eigenvalue weighted by Crippen LogP contribution is -2.39. The van der Waals surface area contributed by atoms with Crippen LogP contribution in [0.1, 0.15) is 35.8 Å². The predicted molar refractivity (Wildman–Crippen MR) is 87.6 cm³/mol. The van der Waals surface area contributed by atoms with Crippen LogP contribution in [-0.2, 0) is 14.3 Å². The summed E-state index contributed by atoms with van der Waals surface area (Å²) in [5, 5.41) is 0.797. The highest BCUT2D eigenvalue weighted by Crippen LogP contribution is 2.55. The Morgan fingerprint density at radius 2 is 1.54 bits per heavy atom. The van der Waals surface area contributed by atoms with E-state index in [-0.39, 0.29) is 11.7 Å². The Morgan fingerprint density at radius 3 is 2.04 bits per heavy atom. The zero-order valence-electron chi connectivity index (χ0n) is 13.6. The van der Waals surface area contributed by atoms with E-state index in [1.165, 1.54) is 0 Å². The van der Waals surface area contributed by atoms with Gasteiger partial charge in [-0.2, -0.15) is 21.6 Å². The molecule has 2 bridgehead atoms. The Hall–Kier alpha value is -1.28. The van der Waals surface area contributed by atoms with Crippen LogP contribution in [0, 0.1) is 0 Å². The summed E-state index contributed by atoms with van der Waals surface area (Å²) in [7, 11) is -7.73. The minimum atomic E-state index is -5.65. The summed E-state index contributed by atoms with van der Waals surface area (Å²) in [6, 6.07) is 7.58. The first-order valence-corrected chi connectivity index (χ1v) is 12.7. The molecule has 2 atom stereocenters. The summed E-state index contributed by atoms with van der Waals surface area (Å²) >= 11 is 0. The number of rotatable bonds is 3. The highest BCUT2D eigenvalue weighted by atomic mass is 32.2. The molecule has 0 aromatic heterocycles. The van der Waals surface area contributed by atoms with E-state index < -0.39 is 29.6 Å². The molecule has 3 nitrogen and oxygen atoms in total. The average molecular weight is 376 g/mol. The SMILES string of the molecule is C[Si](C)(C)C1=C(OS(=O)(=O)C(F)(F)F)C2CCC1c1ccccc12. The lowest BCUT2D eigenvalue weighted by atomic mass is 9.70. The van der Waals surface area contributed by atoms with Crippen molar-refractivity contribution in [3.63, 3.8) is 0 Å². The summed E-state index contributed by atoms with van der Waals surface area (Å²) in [5.41, 5.74) is -3.42. The minimum absolute atomic E-state index is 0.0291. The quantitative estimate of drug-likeness (QED) is 0.438. The maximum Gasteiger partial charge on any atom is 0.534 e. The molecule has 2 unspecified atom stereocenters. The van der Waals surface area contributed by atoms with Crippen LogP contribution in [0.25, 0.3) is 0 Å². The van der Waals surface area contributed by atoms with E-state index in [2.05, 4.69) is 0 Å². The molecule has 132 valence electrons. The molecule has 0 radical (unpaired) electrons. The lowest BCUT2D eigenvalue weighted by molar-refractivity contribution is -0.0526. The molecule has 0 N–H and O–H groups in total. The predicted octanol–water partition coefficient (Wildman–Crippen LogP) is 4.66. The molecule has 0 aliphatic heterocycles. The van der Waals surface area contributed by atoms with Crippen molar-refractivity contribution in [1.82, 2.24) is 0 Å². The molecule has 24 heavy (non-hydrogen) atoms. The van der Waals surface area contributed by atoms with E-state index in [1.807, 2.05) is 43.9 Å². The van der Waals surface area contributed by atoms with Crippen molar-refractivity contribution in [2.45, 2.75) is 49.8 Å². The van der Waals surface area contributed by atoms with Crippen molar-refractivity contribution < 1.29 is 25.8 Å². The van der Waals surface area contributed by atoms with Crippen molar-refractivity contribution >= 4 is 18.2 Å². The fourth-order valence-corrected chi connectivity index (χ4v) is 6.80.